The van der Waals surface area contributed by atoms with E-state index in [0.717, 1.165) is 12.1 Å². The Morgan fingerprint density at radius 1 is 1.11 bits per heavy atom. The van der Waals surface area contributed by atoms with E-state index in [0.29, 0.717) is 11.3 Å². The van der Waals surface area contributed by atoms with Crippen LogP contribution in [-0.4, -0.2) is 41.5 Å². The molecule has 5 nitrogen and oxygen atoms in total. The predicted octanol–water partition coefficient (Wildman–Crippen LogP) is 2.72. The summed E-state index contributed by atoms with van der Waals surface area (Å²) in [5.74, 6) is -0.697. The Morgan fingerprint density at radius 2 is 1.75 bits per heavy atom. The van der Waals surface area contributed by atoms with Crippen molar-refractivity contribution >= 4 is 5.91 Å². The average molecular weight is 395 g/mol. The third-order valence-corrected chi connectivity index (χ3v) is 5.01. The first-order valence-electron chi connectivity index (χ1n) is 8.69. The molecule has 1 aliphatic rings. The Hall–Kier alpha value is -2.58. The summed E-state index contributed by atoms with van der Waals surface area (Å²) < 4.78 is 43.5. The molecule has 1 fully saturated rings. The Morgan fingerprint density at radius 3 is 2.36 bits per heavy atom. The van der Waals surface area contributed by atoms with Gasteiger partial charge in [0, 0.05) is 5.92 Å². The van der Waals surface area contributed by atoms with E-state index in [4.69, 9.17) is 4.74 Å². The Kier molecular flexibility index (Phi) is 5.62. The molecule has 2 aromatic carbocycles. The predicted molar refractivity (Wildman–Crippen MR) is 95.1 cm³/mol. The van der Waals surface area contributed by atoms with E-state index < -0.39 is 41.8 Å². The number of hydrogen-bond acceptors (Lipinski definition) is 4. The smallest absolute Gasteiger partial charge is 0.416 e. The molecule has 1 aliphatic carbocycles. The molecule has 3 N–H and O–H groups in total. The van der Waals surface area contributed by atoms with Gasteiger partial charge in [-0.15, -0.1) is 0 Å². The van der Waals surface area contributed by atoms with Crippen LogP contribution >= 0.6 is 0 Å². The van der Waals surface area contributed by atoms with Gasteiger partial charge in [0.25, 0.3) is 5.91 Å². The van der Waals surface area contributed by atoms with Gasteiger partial charge in [-0.05, 0) is 36.2 Å². The van der Waals surface area contributed by atoms with Gasteiger partial charge in [-0.3, -0.25) is 4.79 Å². The third-order valence-electron chi connectivity index (χ3n) is 5.01. The van der Waals surface area contributed by atoms with Crippen molar-refractivity contribution in [3.05, 3.63) is 65.2 Å². The largest absolute Gasteiger partial charge is 0.496 e. The van der Waals surface area contributed by atoms with Crippen LogP contribution in [0.25, 0.3) is 0 Å². The molecule has 3 rings (SSSR count). The maximum absolute atomic E-state index is 12.8. The Labute approximate surface area is 159 Å². The van der Waals surface area contributed by atoms with Crippen LogP contribution < -0.4 is 10.1 Å². The molecule has 8 heteroatoms. The van der Waals surface area contributed by atoms with Gasteiger partial charge in [0.1, 0.15) is 11.9 Å². The first kappa shape index (κ1) is 20.2. The molecule has 0 saturated heterocycles. The second-order valence-electron chi connectivity index (χ2n) is 6.72. The number of rotatable bonds is 4. The number of alkyl halides is 3. The van der Waals surface area contributed by atoms with Crippen LogP contribution in [0.4, 0.5) is 13.2 Å². The normalized spacial score (nSPS) is 24.8. The maximum atomic E-state index is 12.8. The summed E-state index contributed by atoms with van der Waals surface area (Å²) in [6.45, 7) is 0. The summed E-state index contributed by atoms with van der Waals surface area (Å²) in [6, 6.07) is 10.2. The standard InChI is InChI=1S/C20H20F3NO4/c1-28-16-5-3-2-4-13(16)19(27)24-17-14(10-15(25)18(17)26)11-6-8-12(9-7-11)20(21,22)23/h2-9,14-15,17-18,25-26H,10H2,1H3,(H,24,27)/t14-,15-,17-,18-/m1/s1. The molecule has 28 heavy (non-hydrogen) atoms. The van der Waals surface area contributed by atoms with Gasteiger partial charge < -0.3 is 20.3 Å². The van der Waals surface area contributed by atoms with E-state index in [1.807, 2.05) is 0 Å². The minimum Gasteiger partial charge on any atom is -0.496 e. The fraction of sp³-hybridized carbons (Fsp3) is 0.350. The van der Waals surface area contributed by atoms with Crippen molar-refractivity contribution in [1.29, 1.82) is 0 Å². The van der Waals surface area contributed by atoms with E-state index >= 15 is 0 Å². The molecule has 0 bridgehead atoms. The molecule has 0 heterocycles. The van der Waals surface area contributed by atoms with E-state index in [9.17, 15) is 28.2 Å². The number of nitrogens with one attached hydrogen (secondary N) is 1. The van der Waals surface area contributed by atoms with Crippen molar-refractivity contribution in [2.24, 2.45) is 0 Å². The minimum atomic E-state index is -4.45. The summed E-state index contributed by atoms with van der Waals surface area (Å²) in [6.07, 6.45) is -6.69. The zero-order valence-electron chi connectivity index (χ0n) is 15.0. The molecule has 2 aromatic rings. The summed E-state index contributed by atoms with van der Waals surface area (Å²) in [4.78, 5) is 12.7. The number of ether oxygens (including phenoxy) is 1. The SMILES string of the molecule is COc1ccccc1C(=O)N[C@H]1[C@H](O)[C@H](O)C[C@@H]1c1ccc(C(F)(F)F)cc1. The Balaban J connectivity index is 1.84. The second-order valence-corrected chi connectivity index (χ2v) is 6.72. The fourth-order valence-corrected chi connectivity index (χ4v) is 3.53. The van der Waals surface area contributed by atoms with E-state index in [1.54, 1.807) is 24.3 Å². The van der Waals surface area contributed by atoms with Crippen LogP contribution in [0.2, 0.25) is 0 Å². The number of benzene rings is 2. The van der Waals surface area contributed by atoms with Crippen LogP contribution in [0.3, 0.4) is 0 Å². The fourth-order valence-electron chi connectivity index (χ4n) is 3.53. The third kappa shape index (κ3) is 3.98. The van der Waals surface area contributed by atoms with Crippen LogP contribution in [0.1, 0.15) is 33.8 Å². The van der Waals surface area contributed by atoms with Gasteiger partial charge in [0.15, 0.2) is 0 Å². The molecule has 0 aromatic heterocycles. The summed E-state index contributed by atoms with van der Waals surface area (Å²) in [5, 5.41) is 23.1. The van der Waals surface area contributed by atoms with Gasteiger partial charge in [0.05, 0.1) is 30.4 Å². The highest BCUT2D eigenvalue weighted by atomic mass is 19.4. The maximum Gasteiger partial charge on any atom is 0.416 e. The zero-order chi connectivity index (χ0) is 20.5. The number of aliphatic hydroxyl groups is 2. The lowest BCUT2D eigenvalue weighted by atomic mass is 9.92. The zero-order valence-corrected chi connectivity index (χ0v) is 15.0. The van der Waals surface area contributed by atoms with Crippen molar-refractivity contribution in [3.63, 3.8) is 0 Å². The molecule has 0 radical (unpaired) electrons. The number of aliphatic hydroxyl groups excluding tert-OH is 2. The topological polar surface area (TPSA) is 78.8 Å². The monoisotopic (exact) mass is 395 g/mol. The lowest BCUT2D eigenvalue weighted by molar-refractivity contribution is -0.137. The van der Waals surface area contributed by atoms with Gasteiger partial charge in [-0.25, -0.2) is 0 Å². The van der Waals surface area contributed by atoms with E-state index in [1.165, 1.54) is 19.2 Å². The lowest BCUT2D eigenvalue weighted by Gasteiger charge is -2.24. The van der Waals surface area contributed by atoms with Gasteiger partial charge in [0.2, 0.25) is 0 Å². The summed E-state index contributed by atoms with van der Waals surface area (Å²) in [7, 11) is 1.42. The molecule has 0 unspecified atom stereocenters. The molecular formula is C20H20F3NO4. The molecule has 4 atom stereocenters. The first-order valence-corrected chi connectivity index (χ1v) is 8.69. The number of para-hydroxylation sites is 1. The van der Waals surface area contributed by atoms with Crippen LogP contribution in [-0.2, 0) is 6.18 Å². The molecule has 150 valence electrons. The van der Waals surface area contributed by atoms with Gasteiger partial charge >= 0.3 is 6.18 Å². The average Bonchev–Trinajstić information content (AvgIpc) is 2.95. The molecular weight excluding hydrogens is 375 g/mol. The van der Waals surface area contributed by atoms with Crippen molar-refractivity contribution < 1.29 is 32.9 Å². The van der Waals surface area contributed by atoms with E-state index in [-0.39, 0.29) is 12.0 Å². The van der Waals surface area contributed by atoms with Gasteiger partial charge in [-0.2, -0.15) is 13.2 Å². The minimum absolute atomic E-state index is 0.114. The van der Waals surface area contributed by atoms with E-state index in [2.05, 4.69) is 5.32 Å². The number of carbonyl (C=O) groups is 1. The van der Waals surface area contributed by atoms with Crippen molar-refractivity contribution in [3.8, 4) is 5.75 Å². The first-order chi connectivity index (χ1) is 13.2. The number of hydrogen-bond donors (Lipinski definition) is 3. The quantitative estimate of drug-likeness (QED) is 0.744. The highest BCUT2D eigenvalue weighted by Gasteiger charge is 2.43. The van der Waals surface area contributed by atoms with Crippen molar-refractivity contribution in [2.45, 2.75) is 36.8 Å². The van der Waals surface area contributed by atoms with Crippen LogP contribution in [0.15, 0.2) is 48.5 Å². The number of amides is 1. The van der Waals surface area contributed by atoms with Crippen molar-refractivity contribution in [1.82, 2.24) is 5.32 Å². The second kappa shape index (κ2) is 7.81. The Bertz CT molecular complexity index is 838. The molecule has 1 amide bonds. The molecule has 0 aliphatic heterocycles. The lowest BCUT2D eigenvalue weighted by Crippen LogP contribution is -2.45. The summed E-state index contributed by atoms with van der Waals surface area (Å²) >= 11 is 0. The summed E-state index contributed by atoms with van der Waals surface area (Å²) in [5.41, 5.74) is -0.0383. The number of halogens is 3. The van der Waals surface area contributed by atoms with Crippen LogP contribution in [0.5, 0.6) is 5.75 Å². The highest BCUT2D eigenvalue weighted by molar-refractivity contribution is 5.97. The molecule has 1 saturated carbocycles. The van der Waals surface area contributed by atoms with Crippen LogP contribution in [0, 0.1) is 0 Å². The molecule has 0 spiro atoms. The van der Waals surface area contributed by atoms with Gasteiger partial charge in [-0.1, -0.05) is 24.3 Å². The number of methoxy groups -OCH3 is 1. The number of carbonyl (C=O) groups excluding carboxylic acids is 1. The highest BCUT2D eigenvalue weighted by Crippen LogP contribution is 2.37. The van der Waals surface area contributed by atoms with Crippen molar-refractivity contribution in [2.75, 3.05) is 7.11 Å².